The Labute approximate surface area is 152 Å². The van der Waals surface area contributed by atoms with Gasteiger partial charge in [0.1, 0.15) is 16.5 Å². The normalized spacial score (nSPS) is 14.2. The minimum absolute atomic E-state index is 0. The Morgan fingerprint density at radius 1 is 1.33 bits per heavy atom. The Morgan fingerprint density at radius 3 is 2.79 bits per heavy atom. The quantitative estimate of drug-likeness (QED) is 0.821. The Morgan fingerprint density at radius 2 is 2.08 bits per heavy atom. The van der Waals surface area contributed by atoms with E-state index in [1.807, 2.05) is 24.3 Å². The van der Waals surface area contributed by atoms with Crippen LogP contribution in [-0.2, 0) is 13.1 Å². The standard InChI is InChI=1S/C17H21N3O2S.ClH/c18-9-16-20-14(11-23-16)17(21)19-10-12-5-1-4-8-15(12)22-13-6-2-3-7-13;/h1,4-5,8,11,13H,2-3,6-7,9-10,18H2,(H,19,21);1H. The van der Waals surface area contributed by atoms with Crippen LogP contribution in [0.25, 0.3) is 0 Å². The number of ether oxygens (including phenoxy) is 1. The number of thiazole rings is 1. The molecule has 2 aromatic rings. The van der Waals surface area contributed by atoms with Crippen molar-refractivity contribution in [2.75, 3.05) is 0 Å². The topological polar surface area (TPSA) is 77.2 Å². The second kappa shape index (κ2) is 9.01. The zero-order valence-corrected chi connectivity index (χ0v) is 15.0. The minimum Gasteiger partial charge on any atom is -0.490 e. The lowest BCUT2D eigenvalue weighted by molar-refractivity contribution is 0.0946. The first-order chi connectivity index (χ1) is 11.3. The van der Waals surface area contributed by atoms with Crippen LogP contribution in [0.1, 0.15) is 46.7 Å². The number of aromatic nitrogens is 1. The smallest absolute Gasteiger partial charge is 0.271 e. The lowest BCUT2D eigenvalue weighted by atomic mass is 10.2. The van der Waals surface area contributed by atoms with Crippen LogP contribution in [0.15, 0.2) is 29.6 Å². The number of nitrogens with two attached hydrogens (primary N) is 1. The summed E-state index contributed by atoms with van der Waals surface area (Å²) in [5.41, 5.74) is 6.93. The van der Waals surface area contributed by atoms with Crippen LogP contribution in [-0.4, -0.2) is 17.0 Å². The maximum absolute atomic E-state index is 12.2. The number of benzene rings is 1. The summed E-state index contributed by atoms with van der Waals surface area (Å²) in [7, 11) is 0. The van der Waals surface area contributed by atoms with E-state index in [2.05, 4.69) is 10.3 Å². The molecular weight excluding hydrogens is 346 g/mol. The summed E-state index contributed by atoms with van der Waals surface area (Å²) in [6, 6.07) is 7.87. The van der Waals surface area contributed by atoms with E-state index in [-0.39, 0.29) is 18.3 Å². The van der Waals surface area contributed by atoms with Crippen LogP contribution >= 0.6 is 23.7 Å². The van der Waals surface area contributed by atoms with Crippen molar-refractivity contribution in [1.29, 1.82) is 0 Å². The summed E-state index contributed by atoms with van der Waals surface area (Å²) in [5, 5.41) is 5.40. The first-order valence-electron chi connectivity index (χ1n) is 7.93. The second-order valence-corrected chi connectivity index (χ2v) is 6.59. The third-order valence-corrected chi connectivity index (χ3v) is 4.84. The van der Waals surface area contributed by atoms with Gasteiger partial charge in [-0.3, -0.25) is 4.79 Å². The molecular formula is C17H22ClN3O2S. The van der Waals surface area contributed by atoms with Crippen LogP contribution in [0.3, 0.4) is 0 Å². The Hall–Kier alpha value is -1.63. The maximum atomic E-state index is 12.2. The molecule has 1 fully saturated rings. The number of rotatable bonds is 6. The number of carbonyl (C=O) groups is 1. The number of hydrogen-bond donors (Lipinski definition) is 2. The van der Waals surface area contributed by atoms with Crippen molar-refractivity contribution in [3.63, 3.8) is 0 Å². The summed E-state index contributed by atoms with van der Waals surface area (Å²) in [5.74, 6) is 0.678. The second-order valence-electron chi connectivity index (χ2n) is 5.65. The molecule has 0 radical (unpaired) electrons. The lowest BCUT2D eigenvalue weighted by Crippen LogP contribution is -2.24. The van der Waals surface area contributed by atoms with E-state index in [1.54, 1.807) is 5.38 Å². The van der Waals surface area contributed by atoms with Gasteiger partial charge >= 0.3 is 0 Å². The van der Waals surface area contributed by atoms with E-state index in [1.165, 1.54) is 24.2 Å². The number of carbonyl (C=O) groups excluding carboxylic acids is 1. The molecule has 24 heavy (non-hydrogen) atoms. The highest BCUT2D eigenvalue weighted by molar-refractivity contribution is 7.09. The molecule has 1 aromatic heterocycles. The molecule has 0 bridgehead atoms. The molecule has 3 rings (SSSR count). The van der Waals surface area contributed by atoms with Gasteiger partial charge in [-0.15, -0.1) is 23.7 Å². The highest BCUT2D eigenvalue weighted by Crippen LogP contribution is 2.26. The molecule has 1 aliphatic carbocycles. The van der Waals surface area contributed by atoms with Crippen molar-refractivity contribution in [1.82, 2.24) is 10.3 Å². The van der Waals surface area contributed by atoms with Crippen molar-refractivity contribution in [3.05, 3.63) is 45.9 Å². The number of halogens is 1. The van der Waals surface area contributed by atoms with Crippen LogP contribution < -0.4 is 15.8 Å². The largest absolute Gasteiger partial charge is 0.490 e. The first kappa shape index (κ1) is 18.7. The zero-order chi connectivity index (χ0) is 16.1. The van der Waals surface area contributed by atoms with E-state index in [0.717, 1.165) is 29.2 Å². The molecule has 1 heterocycles. The number of para-hydroxylation sites is 1. The van der Waals surface area contributed by atoms with Crippen molar-refractivity contribution >= 4 is 29.7 Å². The molecule has 0 aliphatic heterocycles. The van der Waals surface area contributed by atoms with Gasteiger partial charge in [0.25, 0.3) is 5.91 Å². The third kappa shape index (κ3) is 4.69. The Bertz CT molecular complexity index is 671. The van der Waals surface area contributed by atoms with Gasteiger partial charge in [0.15, 0.2) is 0 Å². The average Bonchev–Trinajstić information content (AvgIpc) is 3.25. The molecule has 1 amide bonds. The summed E-state index contributed by atoms with van der Waals surface area (Å²) < 4.78 is 6.08. The number of amides is 1. The number of nitrogens with zero attached hydrogens (tertiary/aromatic N) is 1. The molecule has 0 saturated heterocycles. The van der Waals surface area contributed by atoms with Gasteiger partial charge in [-0.2, -0.15) is 0 Å². The lowest BCUT2D eigenvalue weighted by Gasteiger charge is -2.16. The van der Waals surface area contributed by atoms with E-state index < -0.39 is 0 Å². The Balaban J connectivity index is 0.00000208. The van der Waals surface area contributed by atoms with Crippen LogP contribution in [0.4, 0.5) is 0 Å². The van der Waals surface area contributed by atoms with Crippen molar-refractivity contribution in [2.45, 2.75) is 44.9 Å². The van der Waals surface area contributed by atoms with E-state index in [0.29, 0.717) is 24.9 Å². The highest BCUT2D eigenvalue weighted by atomic mass is 35.5. The van der Waals surface area contributed by atoms with E-state index >= 15 is 0 Å². The maximum Gasteiger partial charge on any atom is 0.271 e. The molecule has 0 atom stereocenters. The molecule has 0 spiro atoms. The van der Waals surface area contributed by atoms with Gasteiger partial charge in [-0.1, -0.05) is 18.2 Å². The Kier molecular flexibility index (Phi) is 7.02. The fourth-order valence-corrected chi connectivity index (χ4v) is 3.38. The molecule has 5 nitrogen and oxygen atoms in total. The SMILES string of the molecule is Cl.NCc1nc(C(=O)NCc2ccccc2OC2CCCC2)cs1. The monoisotopic (exact) mass is 367 g/mol. The summed E-state index contributed by atoms with van der Waals surface area (Å²) in [4.78, 5) is 16.4. The molecule has 1 aromatic carbocycles. The zero-order valence-electron chi connectivity index (χ0n) is 13.4. The molecule has 1 aliphatic rings. The molecule has 7 heteroatoms. The predicted molar refractivity (Wildman–Crippen MR) is 97.7 cm³/mol. The third-order valence-electron chi connectivity index (χ3n) is 3.97. The minimum atomic E-state index is -0.184. The van der Waals surface area contributed by atoms with Crippen molar-refractivity contribution in [3.8, 4) is 5.75 Å². The van der Waals surface area contributed by atoms with Gasteiger partial charge in [0.05, 0.1) is 6.10 Å². The fraction of sp³-hybridized carbons (Fsp3) is 0.412. The highest BCUT2D eigenvalue weighted by Gasteiger charge is 2.18. The average molecular weight is 368 g/mol. The van der Waals surface area contributed by atoms with Crippen LogP contribution in [0.5, 0.6) is 5.75 Å². The summed E-state index contributed by atoms with van der Waals surface area (Å²) in [6.45, 7) is 0.785. The summed E-state index contributed by atoms with van der Waals surface area (Å²) >= 11 is 1.40. The van der Waals surface area contributed by atoms with Crippen LogP contribution in [0, 0.1) is 0 Å². The van der Waals surface area contributed by atoms with E-state index in [9.17, 15) is 4.79 Å². The molecule has 130 valence electrons. The van der Waals surface area contributed by atoms with Crippen molar-refractivity contribution < 1.29 is 9.53 Å². The van der Waals surface area contributed by atoms with Gasteiger partial charge in [0, 0.05) is 24.0 Å². The predicted octanol–water partition coefficient (Wildman–Crippen LogP) is 3.28. The molecule has 1 saturated carbocycles. The fourth-order valence-electron chi connectivity index (χ4n) is 2.73. The molecule has 3 N–H and O–H groups in total. The van der Waals surface area contributed by atoms with Crippen molar-refractivity contribution in [2.24, 2.45) is 5.73 Å². The van der Waals surface area contributed by atoms with E-state index in [4.69, 9.17) is 10.5 Å². The van der Waals surface area contributed by atoms with Gasteiger partial charge in [0.2, 0.25) is 0 Å². The van der Waals surface area contributed by atoms with Crippen LogP contribution in [0.2, 0.25) is 0 Å². The van der Waals surface area contributed by atoms with Gasteiger partial charge in [-0.05, 0) is 31.7 Å². The summed E-state index contributed by atoms with van der Waals surface area (Å²) in [6.07, 6.45) is 4.99. The first-order valence-corrected chi connectivity index (χ1v) is 8.81. The van der Waals surface area contributed by atoms with Gasteiger partial charge in [-0.25, -0.2) is 4.98 Å². The number of nitrogens with one attached hydrogen (secondary N) is 1. The molecule has 0 unspecified atom stereocenters. The number of hydrogen-bond acceptors (Lipinski definition) is 5. The van der Waals surface area contributed by atoms with Gasteiger partial charge < -0.3 is 15.8 Å².